The number of sulfonamides is 1. The molecule has 2 rings (SSSR count). The van der Waals surface area contributed by atoms with Gasteiger partial charge >= 0.3 is 0 Å². The minimum atomic E-state index is -3.56. The number of carbonyl (C=O) groups is 1. The van der Waals surface area contributed by atoms with Crippen molar-refractivity contribution >= 4 is 15.9 Å². The first-order chi connectivity index (χ1) is 10.5. The van der Waals surface area contributed by atoms with E-state index < -0.39 is 10.0 Å². The van der Waals surface area contributed by atoms with E-state index in [0.717, 1.165) is 13.1 Å². The van der Waals surface area contributed by atoms with Crippen LogP contribution >= 0.6 is 0 Å². The monoisotopic (exact) mass is 327 g/mol. The third-order valence-electron chi connectivity index (χ3n) is 3.41. The van der Waals surface area contributed by atoms with Gasteiger partial charge in [0.15, 0.2) is 0 Å². The Morgan fingerprint density at radius 2 is 1.91 bits per heavy atom. The molecule has 22 heavy (non-hydrogen) atoms. The molecule has 0 aromatic heterocycles. The Labute approximate surface area is 130 Å². The molecule has 1 saturated heterocycles. The number of ether oxygens (including phenoxy) is 1. The topological polar surface area (TPSA) is 87.7 Å². The molecule has 0 atom stereocenters. The average Bonchev–Trinajstić information content (AvgIpc) is 2.55. The fourth-order valence-corrected chi connectivity index (χ4v) is 3.20. The lowest BCUT2D eigenvalue weighted by Crippen LogP contribution is -2.46. The summed E-state index contributed by atoms with van der Waals surface area (Å²) in [6, 6.07) is 6.00. The molecule has 1 heterocycles. The highest BCUT2D eigenvalue weighted by Gasteiger charge is 2.19. The van der Waals surface area contributed by atoms with Crippen molar-refractivity contribution in [1.29, 1.82) is 0 Å². The second kappa shape index (κ2) is 7.68. The van der Waals surface area contributed by atoms with Gasteiger partial charge in [0.1, 0.15) is 0 Å². The van der Waals surface area contributed by atoms with Crippen LogP contribution < -0.4 is 10.0 Å². The summed E-state index contributed by atoms with van der Waals surface area (Å²) in [5, 5.41) is 3.18. The van der Waals surface area contributed by atoms with Crippen LogP contribution in [0, 0.1) is 0 Å². The predicted molar refractivity (Wildman–Crippen MR) is 82.3 cm³/mol. The van der Waals surface area contributed by atoms with Gasteiger partial charge in [-0.2, -0.15) is 0 Å². The molecule has 1 aromatic carbocycles. The highest BCUT2D eigenvalue weighted by Crippen LogP contribution is 2.12. The molecule has 0 saturated carbocycles. The van der Waals surface area contributed by atoms with E-state index in [0.29, 0.717) is 25.3 Å². The Balaban J connectivity index is 2.04. The maximum absolute atomic E-state index is 12.3. The lowest BCUT2D eigenvalue weighted by atomic mass is 10.2. The number of hydrogen-bond acceptors (Lipinski definition) is 5. The zero-order valence-corrected chi connectivity index (χ0v) is 13.4. The van der Waals surface area contributed by atoms with Crippen LogP contribution in [0.15, 0.2) is 29.2 Å². The van der Waals surface area contributed by atoms with Crippen LogP contribution in [0.2, 0.25) is 0 Å². The number of piperazine rings is 1. The number of benzene rings is 1. The van der Waals surface area contributed by atoms with Crippen molar-refractivity contribution in [2.45, 2.75) is 4.90 Å². The Morgan fingerprint density at radius 3 is 2.50 bits per heavy atom. The van der Waals surface area contributed by atoms with Crippen molar-refractivity contribution < 1.29 is 17.9 Å². The number of carbonyl (C=O) groups excluding carboxylic acids is 1. The molecule has 1 fully saturated rings. The molecule has 0 spiro atoms. The van der Waals surface area contributed by atoms with E-state index in [1.54, 1.807) is 17.0 Å². The number of nitrogens with zero attached hydrogens (tertiary/aromatic N) is 1. The van der Waals surface area contributed by atoms with Gasteiger partial charge in [-0.15, -0.1) is 0 Å². The fourth-order valence-electron chi connectivity index (χ4n) is 2.19. The first kappa shape index (κ1) is 16.9. The maximum atomic E-state index is 12.3. The molecular weight excluding hydrogens is 306 g/mol. The zero-order valence-electron chi connectivity index (χ0n) is 12.5. The first-order valence-corrected chi connectivity index (χ1v) is 8.61. The summed E-state index contributed by atoms with van der Waals surface area (Å²) >= 11 is 0. The van der Waals surface area contributed by atoms with Crippen molar-refractivity contribution in [2.75, 3.05) is 46.4 Å². The number of amides is 1. The van der Waals surface area contributed by atoms with E-state index in [9.17, 15) is 13.2 Å². The molecule has 1 aromatic rings. The molecule has 0 radical (unpaired) electrons. The molecule has 0 aliphatic carbocycles. The third kappa shape index (κ3) is 4.26. The minimum absolute atomic E-state index is 0.0715. The highest BCUT2D eigenvalue weighted by atomic mass is 32.2. The third-order valence-corrected chi connectivity index (χ3v) is 4.89. The van der Waals surface area contributed by atoms with Gasteiger partial charge in [0, 0.05) is 45.4 Å². The molecular formula is C14H21N3O4S. The zero-order chi connectivity index (χ0) is 16.0. The second-order valence-electron chi connectivity index (χ2n) is 4.96. The van der Waals surface area contributed by atoms with Gasteiger partial charge in [0.25, 0.3) is 5.91 Å². The molecule has 8 heteroatoms. The van der Waals surface area contributed by atoms with Crippen LogP contribution in [0.3, 0.4) is 0 Å². The normalized spacial score (nSPS) is 15.8. The molecule has 7 nitrogen and oxygen atoms in total. The van der Waals surface area contributed by atoms with Crippen LogP contribution in [0.4, 0.5) is 0 Å². The minimum Gasteiger partial charge on any atom is -0.383 e. The first-order valence-electron chi connectivity index (χ1n) is 7.13. The summed E-state index contributed by atoms with van der Waals surface area (Å²) in [6.45, 7) is 3.40. The van der Waals surface area contributed by atoms with Crippen LogP contribution in [-0.2, 0) is 14.8 Å². The largest absolute Gasteiger partial charge is 0.383 e. The lowest BCUT2D eigenvalue weighted by molar-refractivity contribution is 0.0735. The van der Waals surface area contributed by atoms with Crippen molar-refractivity contribution in [3.8, 4) is 0 Å². The summed E-state index contributed by atoms with van der Waals surface area (Å²) in [7, 11) is -2.06. The summed E-state index contributed by atoms with van der Waals surface area (Å²) in [4.78, 5) is 14.2. The number of nitrogens with one attached hydrogen (secondary N) is 2. The maximum Gasteiger partial charge on any atom is 0.253 e. The van der Waals surface area contributed by atoms with Crippen LogP contribution in [0.25, 0.3) is 0 Å². The van der Waals surface area contributed by atoms with Crippen molar-refractivity contribution in [3.05, 3.63) is 29.8 Å². The van der Waals surface area contributed by atoms with Crippen LogP contribution in [0.5, 0.6) is 0 Å². The molecule has 1 amide bonds. The Morgan fingerprint density at radius 1 is 1.27 bits per heavy atom. The van der Waals surface area contributed by atoms with Crippen molar-refractivity contribution in [3.63, 3.8) is 0 Å². The number of rotatable bonds is 6. The van der Waals surface area contributed by atoms with Gasteiger partial charge in [-0.25, -0.2) is 13.1 Å². The molecule has 2 N–H and O–H groups in total. The van der Waals surface area contributed by atoms with E-state index >= 15 is 0 Å². The fraction of sp³-hybridized carbons (Fsp3) is 0.500. The summed E-state index contributed by atoms with van der Waals surface area (Å²) in [6.07, 6.45) is 0. The van der Waals surface area contributed by atoms with Gasteiger partial charge in [-0.3, -0.25) is 4.79 Å². The smallest absolute Gasteiger partial charge is 0.253 e. The van der Waals surface area contributed by atoms with Crippen LogP contribution in [-0.4, -0.2) is 65.7 Å². The molecule has 0 unspecified atom stereocenters. The van der Waals surface area contributed by atoms with Gasteiger partial charge in [0.2, 0.25) is 10.0 Å². The Hall–Kier alpha value is -1.48. The highest BCUT2D eigenvalue weighted by molar-refractivity contribution is 7.89. The van der Waals surface area contributed by atoms with Gasteiger partial charge in [-0.1, -0.05) is 0 Å². The lowest BCUT2D eigenvalue weighted by Gasteiger charge is -2.27. The van der Waals surface area contributed by atoms with E-state index in [1.807, 2.05) is 0 Å². The number of methoxy groups -OCH3 is 1. The molecule has 1 aliphatic rings. The molecule has 0 bridgehead atoms. The van der Waals surface area contributed by atoms with E-state index in [2.05, 4.69) is 10.0 Å². The SMILES string of the molecule is COCCNS(=O)(=O)c1ccc(C(=O)N2CCNCC2)cc1. The average molecular weight is 327 g/mol. The molecule has 122 valence electrons. The number of hydrogen-bond donors (Lipinski definition) is 2. The standard InChI is InChI=1S/C14H21N3O4S/c1-21-11-8-16-22(19,20)13-4-2-12(3-5-13)14(18)17-9-6-15-7-10-17/h2-5,15-16H,6-11H2,1H3. The van der Waals surface area contributed by atoms with Crippen LogP contribution in [0.1, 0.15) is 10.4 Å². The summed E-state index contributed by atoms with van der Waals surface area (Å²) in [5.74, 6) is -0.0715. The van der Waals surface area contributed by atoms with E-state index in [4.69, 9.17) is 4.74 Å². The molecule has 1 aliphatic heterocycles. The van der Waals surface area contributed by atoms with E-state index in [-0.39, 0.29) is 17.3 Å². The quantitative estimate of drug-likeness (QED) is 0.698. The van der Waals surface area contributed by atoms with Crippen molar-refractivity contribution in [1.82, 2.24) is 14.9 Å². The van der Waals surface area contributed by atoms with Gasteiger partial charge < -0.3 is 15.0 Å². The van der Waals surface area contributed by atoms with Gasteiger partial charge in [-0.05, 0) is 24.3 Å². The summed E-state index contributed by atoms with van der Waals surface area (Å²) < 4.78 is 31.3. The predicted octanol–water partition coefficient (Wildman–Crippen LogP) is -0.343. The summed E-state index contributed by atoms with van der Waals surface area (Å²) in [5.41, 5.74) is 0.498. The Bertz CT molecular complexity index is 595. The van der Waals surface area contributed by atoms with E-state index in [1.165, 1.54) is 19.2 Å². The Kier molecular flexibility index (Phi) is 5.90. The van der Waals surface area contributed by atoms with Gasteiger partial charge in [0.05, 0.1) is 11.5 Å². The van der Waals surface area contributed by atoms with Crippen molar-refractivity contribution in [2.24, 2.45) is 0 Å². The second-order valence-corrected chi connectivity index (χ2v) is 6.72.